The van der Waals surface area contributed by atoms with E-state index in [1.165, 1.54) is 12.8 Å². The lowest BCUT2D eigenvalue weighted by Crippen LogP contribution is -2.41. The van der Waals surface area contributed by atoms with Gasteiger partial charge in [0.05, 0.1) is 18.3 Å². The highest BCUT2D eigenvalue weighted by molar-refractivity contribution is 5.57. The number of piperidine rings is 1. The summed E-state index contributed by atoms with van der Waals surface area (Å²) in [5.74, 6) is 0.669. The third-order valence-electron chi connectivity index (χ3n) is 5.57. The molecule has 5 heteroatoms. The van der Waals surface area contributed by atoms with Crippen molar-refractivity contribution in [2.24, 2.45) is 5.92 Å². The summed E-state index contributed by atoms with van der Waals surface area (Å²) in [5, 5.41) is 4.67. The van der Waals surface area contributed by atoms with E-state index in [0.717, 1.165) is 56.9 Å². The van der Waals surface area contributed by atoms with Gasteiger partial charge in [0.25, 0.3) is 5.56 Å². The van der Waals surface area contributed by atoms with Crippen LogP contribution in [0.15, 0.2) is 47.3 Å². The van der Waals surface area contributed by atoms with Gasteiger partial charge in [-0.3, -0.25) is 4.79 Å². The van der Waals surface area contributed by atoms with Crippen LogP contribution < -0.4 is 5.56 Å². The van der Waals surface area contributed by atoms with Crippen LogP contribution in [0.4, 0.5) is 0 Å². The van der Waals surface area contributed by atoms with Crippen LogP contribution in [-0.4, -0.2) is 47.5 Å². The van der Waals surface area contributed by atoms with E-state index in [9.17, 15) is 4.79 Å². The Balaban J connectivity index is 1.41. The van der Waals surface area contributed by atoms with Crippen LogP contribution in [0.5, 0.6) is 0 Å². The Morgan fingerprint density at radius 1 is 1.04 bits per heavy atom. The lowest BCUT2D eigenvalue weighted by atomic mass is 9.99. The molecule has 1 aromatic heterocycles. The van der Waals surface area contributed by atoms with Crippen molar-refractivity contribution in [2.45, 2.75) is 31.7 Å². The predicted molar refractivity (Wildman–Crippen MR) is 102 cm³/mol. The molecule has 26 heavy (non-hydrogen) atoms. The molecule has 2 fully saturated rings. The van der Waals surface area contributed by atoms with Crippen molar-refractivity contribution in [3.05, 3.63) is 52.8 Å². The van der Waals surface area contributed by atoms with Crippen LogP contribution in [0.3, 0.4) is 0 Å². The molecule has 0 bridgehead atoms. The van der Waals surface area contributed by atoms with Gasteiger partial charge in [-0.1, -0.05) is 30.3 Å². The minimum absolute atomic E-state index is 0.00353. The minimum Gasteiger partial charge on any atom is -0.381 e. The topological polar surface area (TPSA) is 47.4 Å². The van der Waals surface area contributed by atoms with Crippen molar-refractivity contribution in [2.75, 3.05) is 32.8 Å². The third kappa shape index (κ3) is 4.05. The van der Waals surface area contributed by atoms with Gasteiger partial charge in [-0.2, -0.15) is 5.10 Å². The van der Waals surface area contributed by atoms with E-state index in [4.69, 9.17) is 4.74 Å². The molecule has 0 amide bonds. The van der Waals surface area contributed by atoms with Crippen molar-refractivity contribution >= 4 is 0 Å². The molecule has 0 aliphatic carbocycles. The molecule has 2 saturated heterocycles. The number of ether oxygens (including phenoxy) is 1. The molecule has 1 aromatic carbocycles. The molecule has 0 N–H and O–H groups in total. The zero-order valence-corrected chi connectivity index (χ0v) is 15.2. The van der Waals surface area contributed by atoms with Gasteiger partial charge in [-0.05, 0) is 37.7 Å². The Labute approximate surface area is 154 Å². The first-order valence-electron chi connectivity index (χ1n) is 9.75. The number of benzene rings is 1. The van der Waals surface area contributed by atoms with Crippen molar-refractivity contribution < 1.29 is 4.74 Å². The lowest BCUT2D eigenvalue weighted by molar-refractivity contribution is 0.0326. The van der Waals surface area contributed by atoms with E-state index in [0.29, 0.717) is 5.92 Å². The Hall–Kier alpha value is -1.98. The molecule has 2 aromatic rings. The number of likely N-dealkylation sites (tertiary alicyclic amines) is 1. The summed E-state index contributed by atoms with van der Waals surface area (Å²) in [6, 6.07) is 13.7. The Bertz CT molecular complexity index is 760. The molecule has 0 spiro atoms. The van der Waals surface area contributed by atoms with Gasteiger partial charge in [0.15, 0.2) is 0 Å². The third-order valence-corrected chi connectivity index (χ3v) is 5.57. The second-order valence-electron chi connectivity index (χ2n) is 7.48. The summed E-state index contributed by atoms with van der Waals surface area (Å²) in [4.78, 5) is 14.9. The smallest absolute Gasteiger partial charge is 0.267 e. The molecule has 0 saturated carbocycles. The van der Waals surface area contributed by atoms with Crippen LogP contribution in [0.1, 0.15) is 31.7 Å². The normalized spacial score (nSPS) is 22.4. The van der Waals surface area contributed by atoms with E-state index in [-0.39, 0.29) is 11.6 Å². The zero-order valence-electron chi connectivity index (χ0n) is 15.2. The number of hydrogen-bond acceptors (Lipinski definition) is 4. The molecule has 0 radical (unpaired) electrons. The highest BCUT2D eigenvalue weighted by Gasteiger charge is 2.25. The molecule has 2 aliphatic rings. The zero-order chi connectivity index (χ0) is 17.8. The van der Waals surface area contributed by atoms with Gasteiger partial charge in [0.1, 0.15) is 0 Å². The fourth-order valence-corrected chi connectivity index (χ4v) is 4.11. The first kappa shape index (κ1) is 17.4. The van der Waals surface area contributed by atoms with Crippen LogP contribution in [0.2, 0.25) is 0 Å². The SMILES string of the molecule is O=c1ccc(-c2ccccc2)nn1C1CCN(CC2CCCOC2)CC1. The fraction of sp³-hybridized carbons (Fsp3) is 0.524. The first-order chi connectivity index (χ1) is 12.8. The maximum atomic E-state index is 12.4. The maximum absolute atomic E-state index is 12.4. The highest BCUT2D eigenvalue weighted by Crippen LogP contribution is 2.24. The molecule has 138 valence electrons. The number of rotatable bonds is 4. The van der Waals surface area contributed by atoms with Gasteiger partial charge in [-0.15, -0.1) is 0 Å². The minimum atomic E-state index is 0.00353. The van der Waals surface area contributed by atoms with Gasteiger partial charge in [0, 0.05) is 37.9 Å². The van der Waals surface area contributed by atoms with E-state index < -0.39 is 0 Å². The van der Waals surface area contributed by atoms with Crippen molar-refractivity contribution in [3.8, 4) is 11.3 Å². The van der Waals surface area contributed by atoms with Gasteiger partial charge in [0.2, 0.25) is 0 Å². The Morgan fingerprint density at radius 2 is 1.85 bits per heavy atom. The lowest BCUT2D eigenvalue weighted by Gasteiger charge is -2.35. The fourth-order valence-electron chi connectivity index (χ4n) is 4.11. The largest absolute Gasteiger partial charge is 0.381 e. The molecule has 3 heterocycles. The quantitative estimate of drug-likeness (QED) is 0.848. The van der Waals surface area contributed by atoms with E-state index in [1.54, 1.807) is 10.7 Å². The second-order valence-corrected chi connectivity index (χ2v) is 7.48. The predicted octanol–water partition coefficient (Wildman–Crippen LogP) is 2.97. The summed E-state index contributed by atoms with van der Waals surface area (Å²) >= 11 is 0. The van der Waals surface area contributed by atoms with E-state index in [1.807, 2.05) is 36.4 Å². The summed E-state index contributed by atoms with van der Waals surface area (Å²) in [7, 11) is 0. The molecular weight excluding hydrogens is 326 g/mol. The van der Waals surface area contributed by atoms with E-state index in [2.05, 4.69) is 10.00 Å². The van der Waals surface area contributed by atoms with Crippen molar-refractivity contribution in [3.63, 3.8) is 0 Å². The second kappa shape index (κ2) is 8.14. The van der Waals surface area contributed by atoms with Gasteiger partial charge in [-0.25, -0.2) is 4.68 Å². The van der Waals surface area contributed by atoms with Gasteiger partial charge >= 0.3 is 0 Å². The summed E-state index contributed by atoms with van der Waals surface area (Å²) in [6.45, 7) is 5.01. The average Bonchev–Trinajstić information content (AvgIpc) is 2.71. The van der Waals surface area contributed by atoms with Crippen LogP contribution >= 0.6 is 0 Å². The van der Waals surface area contributed by atoms with Crippen LogP contribution in [-0.2, 0) is 4.74 Å². The average molecular weight is 353 g/mol. The standard InChI is InChI=1S/C21H27N3O2/c25-21-9-8-20(18-6-2-1-3-7-18)22-24(21)19-10-12-23(13-11-19)15-17-5-4-14-26-16-17/h1-3,6-9,17,19H,4-5,10-16H2. The monoisotopic (exact) mass is 353 g/mol. The number of hydrogen-bond donors (Lipinski definition) is 0. The molecule has 4 rings (SSSR count). The molecule has 5 nitrogen and oxygen atoms in total. The molecule has 1 unspecified atom stereocenters. The van der Waals surface area contributed by atoms with Crippen molar-refractivity contribution in [1.82, 2.24) is 14.7 Å². The molecule has 1 atom stereocenters. The van der Waals surface area contributed by atoms with E-state index >= 15 is 0 Å². The highest BCUT2D eigenvalue weighted by atomic mass is 16.5. The Kier molecular flexibility index (Phi) is 5.46. The maximum Gasteiger partial charge on any atom is 0.267 e. The van der Waals surface area contributed by atoms with Crippen LogP contribution in [0.25, 0.3) is 11.3 Å². The first-order valence-corrected chi connectivity index (χ1v) is 9.75. The van der Waals surface area contributed by atoms with Crippen molar-refractivity contribution in [1.29, 1.82) is 0 Å². The van der Waals surface area contributed by atoms with Gasteiger partial charge < -0.3 is 9.64 Å². The molecular formula is C21H27N3O2. The summed E-state index contributed by atoms with van der Waals surface area (Å²) in [6.07, 6.45) is 4.43. The molecule has 2 aliphatic heterocycles. The van der Waals surface area contributed by atoms with Crippen LogP contribution in [0, 0.1) is 5.92 Å². The summed E-state index contributed by atoms with van der Waals surface area (Å²) < 4.78 is 7.31. The Morgan fingerprint density at radius 3 is 2.58 bits per heavy atom. The number of nitrogens with zero attached hydrogens (tertiary/aromatic N) is 3. The number of aromatic nitrogens is 2. The summed E-state index contributed by atoms with van der Waals surface area (Å²) in [5.41, 5.74) is 1.92.